The van der Waals surface area contributed by atoms with Gasteiger partial charge in [0.15, 0.2) is 5.82 Å². The van der Waals surface area contributed by atoms with Crippen LogP contribution in [0, 0.1) is 0 Å². The summed E-state index contributed by atoms with van der Waals surface area (Å²) in [4.78, 5) is 4.14. The largest absolute Gasteiger partial charge is 0.334 e. The minimum Gasteiger partial charge on any atom is -0.334 e. The molecule has 0 radical (unpaired) electrons. The van der Waals surface area contributed by atoms with Gasteiger partial charge in [-0.3, -0.25) is 0 Å². The third-order valence-electron chi connectivity index (χ3n) is 2.03. The lowest BCUT2D eigenvalue weighted by Crippen LogP contribution is -2.06. The smallest absolute Gasteiger partial charge is 0.259 e. The van der Waals surface area contributed by atoms with Gasteiger partial charge < -0.3 is 10.3 Å². The molecule has 1 atom stereocenters. The number of hydrogen-bond acceptors (Lipinski definition) is 4. The molecule has 4 nitrogen and oxygen atoms in total. The standard InChI is InChI=1S/C10H9Cl2N3O/c1-5(13)9-14-10(16-15-9)6-3-2-4-7(11)8(6)12/h2-5H,13H2,1H3. The summed E-state index contributed by atoms with van der Waals surface area (Å²) in [5.41, 5.74) is 6.23. The van der Waals surface area contributed by atoms with Gasteiger partial charge in [0.2, 0.25) is 0 Å². The summed E-state index contributed by atoms with van der Waals surface area (Å²) in [6.07, 6.45) is 0. The molecule has 2 aromatic rings. The van der Waals surface area contributed by atoms with Crippen LogP contribution >= 0.6 is 23.2 Å². The molecule has 1 aromatic carbocycles. The molecular weight excluding hydrogens is 249 g/mol. The Morgan fingerprint density at radius 2 is 2.12 bits per heavy atom. The maximum atomic E-state index is 6.03. The van der Waals surface area contributed by atoms with E-state index >= 15 is 0 Å². The molecule has 1 unspecified atom stereocenters. The SMILES string of the molecule is CC(N)c1noc(-c2cccc(Cl)c2Cl)n1. The van der Waals surface area contributed by atoms with Crippen LogP contribution < -0.4 is 5.73 Å². The average Bonchev–Trinajstić information content (AvgIpc) is 2.71. The molecule has 0 bridgehead atoms. The molecule has 0 saturated heterocycles. The van der Waals surface area contributed by atoms with Crippen molar-refractivity contribution in [1.82, 2.24) is 10.1 Å². The minimum atomic E-state index is -0.282. The summed E-state index contributed by atoms with van der Waals surface area (Å²) < 4.78 is 5.06. The van der Waals surface area contributed by atoms with E-state index < -0.39 is 0 Å². The summed E-state index contributed by atoms with van der Waals surface area (Å²) in [5, 5.41) is 4.59. The van der Waals surface area contributed by atoms with E-state index in [4.69, 9.17) is 33.5 Å². The molecule has 1 aromatic heterocycles. The molecule has 84 valence electrons. The number of nitrogens with two attached hydrogens (primary N) is 1. The van der Waals surface area contributed by atoms with Gasteiger partial charge in [0.1, 0.15) is 0 Å². The predicted molar refractivity (Wildman–Crippen MR) is 62.4 cm³/mol. The molecule has 6 heteroatoms. The Hall–Kier alpha value is -1.10. The van der Waals surface area contributed by atoms with Crippen LogP contribution in [0.25, 0.3) is 11.5 Å². The van der Waals surface area contributed by atoms with Crippen LogP contribution in [0.5, 0.6) is 0 Å². The molecular formula is C10H9Cl2N3O. The van der Waals surface area contributed by atoms with E-state index in [1.807, 2.05) is 0 Å². The Morgan fingerprint density at radius 1 is 1.38 bits per heavy atom. The van der Waals surface area contributed by atoms with Crippen molar-refractivity contribution in [2.24, 2.45) is 5.73 Å². The molecule has 0 spiro atoms. The number of halogens is 2. The molecule has 0 aliphatic rings. The zero-order chi connectivity index (χ0) is 11.7. The Bertz CT molecular complexity index is 511. The fraction of sp³-hybridized carbons (Fsp3) is 0.200. The molecule has 0 aliphatic carbocycles. The maximum absolute atomic E-state index is 6.03. The van der Waals surface area contributed by atoms with Gasteiger partial charge in [-0.25, -0.2) is 0 Å². The van der Waals surface area contributed by atoms with Crippen molar-refractivity contribution < 1.29 is 4.52 Å². The Morgan fingerprint density at radius 3 is 2.75 bits per heavy atom. The Kier molecular flexibility index (Phi) is 3.14. The molecule has 2 rings (SSSR count). The summed E-state index contributed by atoms with van der Waals surface area (Å²) >= 11 is 11.9. The van der Waals surface area contributed by atoms with E-state index in [9.17, 15) is 0 Å². The van der Waals surface area contributed by atoms with E-state index in [-0.39, 0.29) is 6.04 Å². The van der Waals surface area contributed by atoms with Gasteiger partial charge in [0.05, 0.1) is 21.7 Å². The number of aromatic nitrogens is 2. The van der Waals surface area contributed by atoms with E-state index in [1.165, 1.54) is 0 Å². The lowest BCUT2D eigenvalue weighted by Gasteiger charge is -1.99. The first-order chi connectivity index (χ1) is 7.59. The highest BCUT2D eigenvalue weighted by atomic mass is 35.5. The van der Waals surface area contributed by atoms with Crippen molar-refractivity contribution in [1.29, 1.82) is 0 Å². The summed E-state index contributed by atoms with van der Waals surface area (Å²) in [6.45, 7) is 1.77. The van der Waals surface area contributed by atoms with Gasteiger partial charge in [0, 0.05) is 0 Å². The zero-order valence-electron chi connectivity index (χ0n) is 8.45. The number of nitrogens with zero attached hydrogens (tertiary/aromatic N) is 2. The molecule has 0 aliphatic heterocycles. The van der Waals surface area contributed by atoms with Gasteiger partial charge in [0.25, 0.3) is 5.89 Å². The van der Waals surface area contributed by atoms with Crippen molar-refractivity contribution >= 4 is 23.2 Å². The second-order valence-corrected chi connectivity index (χ2v) is 4.13. The second kappa shape index (κ2) is 4.41. The monoisotopic (exact) mass is 257 g/mol. The second-order valence-electron chi connectivity index (χ2n) is 3.35. The Balaban J connectivity index is 2.47. The van der Waals surface area contributed by atoms with Gasteiger partial charge >= 0.3 is 0 Å². The van der Waals surface area contributed by atoms with Crippen LogP contribution in [0.2, 0.25) is 10.0 Å². The number of rotatable bonds is 2. The van der Waals surface area contributed by atoms with Gasteiger partial charge in [-0.05, 0) is 19.1 Å². The maximum Gasteiger partial charge on any atom is 0.259 e. The minimum absolute atomic E-state index is 0.282. The third-order valence-corrected chi connectivity index (χ3v) is 2.85. The first kappa shape index (κ1) is 11.4. The summed E-state index contributed by atoms with van der Waals surface area (Å²) in [5.74, 6) is 0.755. The lowest BCUT2D eigenvalue weighted by atomic mass is 10.2. The van der Waals surface area contributed by atoms with Crippen LogP contribution in [-0.4, -0.2) is 10.1 Å². The van der Waals surface area contributed by atoms with Crippen molar-refractivity contribution in [3.8, 4) is 11.5 Å². The predicted octanol–water partition coefficient (Wildman–Crippen LogP) is 3.06. The molecule has 0 saturated carbocycles. The van der Waals surface area contributed by atoms with Crippen LogP contribution in [0.4, 0.5) is 0 Å². The number of benzene rings is 1. The molecule has 0 fully saturated rings. The topological polar surface area (TPSA) is 64.9 Å². The van der Waals surface area contributed by atoms with Crippen molar-refractivity contribution in [3.63, 3.8) is 0 Å². The van der Waals surface area contributed by atoms with Crippen LogP contribution in [0.15, 0.2) is 22.7 Å². The highest BCUT2D eigenvalue weighted by molar-refractivity contribution is 6.43. The van der Waals surface area contributed by atoms with Crippen LogP contribution in [0.1, 0.15) is 18.8 Å². The van der Waals surface area contributed by atoms with Crippen molar-refractivity contribution in [3.05, 3.63) is 34.1 Å². The van der Waals surface area contributed by atoms with Gasteiger partial charge in [-0.15, -0.1) is 0 Å². The molecule has 0 amide bonds. The molecule has 16 heavy (non-hydrogen) atoms. The molecule has 2 N–H and O–H groups in total. The van der Waals surface area contributed by atoms with Crippen LogP contribution in [-0.2, 0) is 0 Å². The third kappa shape index (κ3) is 2.04. The van der Waals surface area contributed by atoms with Crippen molar-refractivity contribution in [2.75, 3.05) is 0 Å². The van der Waals surface area contributed by atoms with E-state index in [1.54, 1.807) is 25.1 Å². The Labute approximate surface area is 102 Å². The fourth-order valence-electron chi connectivity index (χ4n) is 1.20. The van der Waals surface area contributed by atoms with E-state index in [2.05, 4.69) is 10.1 Å². The fourth-order valence-corrected chi connectivity index (χ4v) is 1.58. The number of hydrogen-bond donors (Lipinski definition) is 1. The average molecular weight is 258 g/mol. The first-order valence-electron chi connectivity index (χ1n) is 4.63. The van der Waals surface area contributed by atoms with Gasteiger partial charge in [-0.2, -0.15) is 4.98 Å². The highest BCUT2D eigenvalue weighted by Crippen LogP contribution is 2.32. The van der Waals surface area contributed by atoms with Crippen LogP contribution in [0.3, 0.4) is 0 Å². The van der Waals surface area contributed by atoms with Gasteiger partial charge in [-0.1, -0.05) is 34.4 Å². The van der Waals surface area contributed by atoms with E-state index in [0.717, 1.165) is 0 Å². The van der Waals surface area contributed by atoms with E-state index in [0.29, 0.717) is 27.3 Å². The normalized spacial score (nSPS) is 12.8. The summed E-state index contributed by atoms with van der Waals surface area (Å²) in [7, 11) is 0. The lowest BCUT2D eigenvalue weighted by molar-refractivity contribution is 0.418. The first-order valence-corrected chi connectivity index (χ1v) is 5.38. The quantitative estimate of drug-likeness (QED) is 0.898. The zero-order valence-corrected chi connectivity index (χ0v) is 9.96. The molecule has 1 heterocycles. The highest BCUT2D eigenvalue weighted by Gasteiger charge is 2.15. The summed E-state index contributed by atoms with van der Waals surface area (Å²) in [6, 6.07) is 4.93. The van der Waals surface area contributed by atoms with Crippen molar-refractivity contribution in [2.45, 2.75) is 13.0 Å².